The van der Waals surface area contributed by atoms with Crippen molar-refractivity contribution in [1.82, 2.24) is 0 Å². The Hall–Kier alpha value is -0.740. The van der Waals surface area contributed by atoms with E-state index in [2.05, 4.69) is 11.6 Å². The van der Waals surface area contributed by atoms with Crippen molar-refractivity contribution in [3.05, 3.63) is 34.6 Å². The maximum atomic E-state index is 13.1. The highest BCUT2D eigenvalue weighted by atomic mass is 35.5. The summed E-state index contributed by atoms with van der Waals surface area (Å²) in [5, 5.41) is -4.07. The molecule has 0 atom stereocenters. The third-order valence-electron chi connectivity index (χ3n) is 1.72. The van der Waals surface area contributed by atoms with Crippen LogP contribution in [-0.2, 0) is 11.2 Å². The standard InChI is InChI=1S/C9H5Cl2F3O/c10-6-2-1-3-7(12)5(6)4-8(15)9(11,13)14/h1-3H,4H2. The smallest absolute Gasteiger partial charge is 0.291 e. The lowest BCUT2D eigenvalue weighted by atomic mass is 10.1. The average molecular weight is 257 g/mol. The van der Waals surface area contributed by atoms with E-state index < -0.39 is 23.4 Å². The van der Waals surface area contributed by atoms with E-state index in [0.29, 0.717) is 0 Å². The third kappa shape index (κ3) is 3.11. The minimum Gasteiger partial charge on any atom is -0.291 e. The highest BCUT2D eigenvalue weighted by molar-refractivity contribution is 6.34. The van der Waals surface area contributed by atoms with E-state index in [-0.39, 0.29) is 10.6 Å². The lowest BCUT2D eigenvalue weighted by Crippen LogP contribution is -2.23. The molecule has 0 unspecified atom stereocenters. The topological polar surface area (TPSA) is 17.1 Å². The van der Waals surface area contributed by atoms with Gasteiger partial charge in [0.15, 0.2) is 0 Å². The van der Waals surface area contributed by atoms with Crippen LogP contribution >= 0.6 is 23.2 Å². The molecule has 0 bridgehead atoms. The lowest BCUT2D eigenvalue weighted by molar-refractivity contribution is -0.132. The largest absolute Gasteiger partial charge is 0.380 e. The Morgan fingerprint density at radius 2 is 2.00 bits per heavy atom. The molecule has 0 aliphatic heterocycles. The van der Waals surface area contributed by atoms with Crippen LogP contribution < -0.4 is 0 Å². The second-order valence-electron chi connectivity index (χ2n) is 2.80. The monoisotopic (exact) mass is 256 g/mol. The SMILES string of the molecule is O=C(Cc1c(F)cccc1Cl)C(F)(F)Cl. The van der Waals surface area contributed by atoms with Gasteiger partial charge in [0.1, 0.15) is 5.82 Å². The quantitative estimate of drug-likeness (QED) is 0.758. The van der Waals surface area contributed by atoms with Crippen molar-refractivity contribution in [2.24, 2.45) is 0 Å². The third-order valence-corrected chi connectivity index (χ3v) is 2.28. The molecule has 82 valence electrons. The van der Waals surface area contributed by atoms with Gasteiger partial charge in [0, 0.05) is 17.0 Å². The van der Waals surface area contributed by atoms with Crippen molar-refractivity contribution in [3.63, 3.8) is 0 Å². The van der Waals surface area contributed by atoms with Crippen molar-refractivity contribution in [2.45, 2.75) is 11.8 Å². The highest BCUT2D eigenvalue weighted by Gasteiger charge is 2.35. The van der Waals surface area contributed by atoms with Crippen LogP contribution in [-0.4, -0.2) is 11.2 Å². The van der Waals surface area contributed by atoms with E-state index in [0.717, 1.165) is 6.07 Å². The van der Waals surface area contributed by atoms with Crippen LogP contribution in [0.2, 0.25) is 5.02 Å². The predicted octanol–water partition coefficient (Wildman–Crippen LogP) is 3.42. The van der Waals surface area contributed by atoms with Crippen molar-refractivity contribution in [3.8, 4) is 0 Å². The van der Waals surface area contributed by atoms with Crippen LogP contribution in [0.5, 0.6) is 0 Å². The molecule has 0 fully saturated rings. The number of hydrogen-bond acceptors (Lipinski definition) is 1. The Labute approximate surface area is 93.8 Å². The number of alkyl halides is 3. The van der Waals surface area contributed by atoms with Crippen LogP contribution in [0.15, 0.2) is 18.2 Å². The summed E-state index contributed by atoms with van der Waals surface area (Å²) in [6.45, 7) is 0. The summed E-state index contributed by atoms with van der Waals surface area (Å²) < 4.78 is 37.7. The minimum atomic E-state index is -3.99. The van der Waals surface area contributed by atoms with E-state index in [1.807, 2.05) is 0 Å². The van der Waals surface area contributed by atoms with E-state index in [1.165, 1.54) is 12.1 Å². The summed E-state index contributed by atoms with van der Waals surface area (Å²) in [7, 11) is 0. The number of rotatable bonds is 3. The van der Waals surface area contributed by atoms with E-state index in [4.69, 9.17) is 11.6 Å². The lowest BCUT2D eigenvalue weighted by Gasteiger charge is -2.08. The molecule has 0 N–H and O–H groups in total. The zero-order valence-corrected chi connectivity index (χ0v) is 8.75. The molecule has 1 nitrogen and oxygen atoms in total. The molecule has 0 heterocycles. The van der Waals surface area contributed by atoms with Gasteiger partial charge in [-0.2, -0.15) is 8.78 Å². The zero-order chi connectivity index (χ0) is 11.6. The molecule has 1 aromatic carbocycles. The molecule has 0 aliphatic rings. The van der Waals surface area contributed by atoms with Crippen LogP contribution in [0.4, 0.5) is 13.2 Å². The number of halogens is 5. The van der Waals surface area contributed by atoms with Gasteiger partial charge in [0.2, 0.25) is 5.78 Å². The van der Waals surface area contributed by atoms with Crippen LogP contribution in [0.25, 0.3) is 0 Å². The normalized spacial score (nSPS) is 11.5. The maximum Gasteiger partial charge on any atom is 0.380 e. The molecule has 0 spiro atoms. The second kappa shape index (κ2) is 4.41. The van der Waals surface area contributed by atoms with Gasteiger partial charge in [0.25, 0.3) is 0 Å². The van der Waals surface area contributed by atoms with Crippen LogP contribution in [0, 0.1) is 5.82 Å². The maximum absolute atomic E-state index is 13.1. The van der Waals surface area contributed by atoms with Gasteiger partial charge >= 0.3 is 5.38 Å². The molecule has 0 saturated carbocycles. The molecule has 1 aromatic rings. The van der Waals surface area contributed by atoms with E-state index >= 15 is 0 Å². The van der Waals surface area contributed by atoms with Crippen molar-refractivity contribution < 1.29 is 18.0 Å². The molecular formula is C9H5Cl2F3O. The number of Topliss-reactive ketones (excluding diaryl/α,β-unsaturated/α-hetero) is 1. The molecule has 0 radical (unpaired) electrons. The fraction of sp³-hybridized carbons (Fsp3) is 0.222. The van der Waals surface area contributed by atoms with E-state index in [9.17, 15) is 18.0 Å². The highest BCUT2D eigenvalue weighted by Crippen LogP contribution is 2.26. The molecule has 0 aliphatic carbocycles. The zero-order valence-electron chi connectivity index (χ0n) is 7.24. The molecule has 0 aromatic heterocycles. The summed E-state index contributed by atoms with van der Waals surface area (Å²) in [5.41, 5.74) is -0.274. The predicted molar refractivity (Wildman–Crippen MR) is 50.9 cm³/mol. The first-order valence-corrected chi connectivity index (χ1v) is 4.61. The average Bonchev–Trinajstić information content (AvgIpc) is 2.09. The van der Waals surface area contributed by atoms with Gasteiger partial charge in [0.05, 0.1) is 0 Å². The summed E-state index contributed by atoms with van der Waals surface area (Å²) in [6.07, 6.45) is -0.831. The summed E-state index contributed by atoms with van der Waals surface area (Å²) in [6, 6.07) is 3.64. The number of carbonyl (C=O) groups is 1. The summed E-state index contributed by atoms with van der Waals surface area (Å²) in [5.74, 6) is -2.40. The van der Waals surface area contributed by atoms with Gasteiger partial charge < -0.3 is 0 Å². The number of benzene rings is 1. The second-order valence-corrected chi connectivity index (χ2v) is 3.68. The number of carbonyl (C=O) groups excluding carboxylic acids is 1. The Balaban J connectivity index is 2.95. The van der Waals surface area contributed by atoms with Crippen LogP contribution in [0.1, 0.15) is 5.56 Å². The van der Waals surface area contributed by atoms with Crippen molar-refractivity contribution >= 4 is 29.0 Å². The molecule has 6 heteroatoms. The fourth-order valence-electron chi connectivity index (χ4n) is 0.962. The van der Waals surface area contributed by atoms with E-state index in [1.54, 1.807) is 0 Å². The Kier molecular flexibility index (Phi) is 3.62. The Morgan fingerprint density at radius 1 is 1.40 bits per heavy atom. The summed E-state index contributed by atoms with van der Waals surface area (Å²) >= 11 is 10.0. The molecule has 1 rings (SSSR count). The Morgan fingerprint density at radius 3 is 2.47 bits per heavy atom. The molecular weight excluding hydrogens is 252 g/mol. The molecule has 0 amide bonds. The van der Waals surface area contributed by atoms with Gasteiger partial charge in [-0.3, -0.25) is 4.79 Å². The van der Waals surface area contributed by atoms with Gasteiger partial charge in [-0.05, 0) is 23.7 Å². The Bertz CT molecular complexity index is 367. The minimum absolute atomic E-state index is 0.0794. The van der Waals surface area contributed by atoms with Crippen molar-refractivity contribution in [2.75, 3.05) is 0 Å². The number of ketones is 1. The first kappa shape index (κ1) is 12.3. The molecule has 0 saturated heterocycles. The van der Waals surface area contributed by atoms with Crippen LogP contribution in [0.3, 0.4) is 0 Å². The summed E-state index contributed by atoms with van der Waals surface area (Å²) in [4.78, 5) is 10.8. The van der Waals surface area contributed by atoms with Gasteiger partial charge in [-0.25, -0.2) is 4.39 Å². The van der Waals surface area contributed by atoms with Gasteiger partial charge in [-0.1, -0.05) is 17.7 Å². The first-order valence-electron chi connectivity index (χ1n) is 3.85. The van der Waals surface area contributed by atoms with Crippen molar-refractivity contribution in [1.29, 1.82) is 0 Å². The fourth-order valence-corrected chi connectivity index (χ4v) is 1.26. The van der Waals surface area contributed by atoms with Gasteiger partial charge in [-0.15, -0.1) is 0 Å². The number of hydrogen-bond donors (Lipinski definition) is 0. The first-order chi connectivity index (χ1) is 6.82. The molecule has 15 heavy (non-hydrogen) atoms.